The summed E-state index contributed by atoms with van der Waals surface area (Å²) in [5, 5.41) is 5.83. The third-order valence-corrected chi connectivity index (χ3v) is 5.40. The molecular formula is C24H19ClF2N4O2. The molecule has 0 fully saturated rings. The second kappa shape index (κ2) is 8.99. The SMILES string of the molecule is CCn1c(=O)c(-c2cc(NC(=O)Nc3cccc(F)c3)c(F)cc2C)cc2cnc(Cl)cc21. The molecule has 0 bridgehead atoms. The molecule has 4 aromatic rings. The minimum Gasteiger partial charge on any atom is -0.308 e. The molecule has 0 saturated heterocycles. The molecule has 2 aromatic heterocycles. The Balaban J connectivity index is 1.75. The first-order valence-electron chi connectivity index (χ1n) is 10.1. The number of pyridine rings is 2. The van der Waals surface area contributed by atoms with Gasteiger partial charge < -0.3 is 15.2 Å². The van der Waals surface area contributed by atoms with Gasteiger partial charge in [-0.25, -0.2) is 18.6 Å². The van der Waals surface area contributed by atoms with E-state index in [2.05, 4.69) is 15.6 Å². The highest BCUT2D eigenvalue weighted by Crippen LogP contribution is 2.29. The third-order valence-electron chi connectivity index (χ3n) is 5.20. The molecule has 0 radical (unpaired) electrons. The molecule has 2 heterocycles. The number of urea groups is 1. The number of carbonyl (C=O) groups excluding carboxylic acids is 1. The molecule has 4 rings (SSSR count). The molecule has 2 aromatic carbocycles. The highest BCUT2D eigenvalue weighted by atomic mass is 35.5. The van der Waals surface area contributed by atoms with Crippen LogP contribution >= 0.6 is 11.6 Å². The first-order chi connectivity index (χ1) is 15.8. The summed E-state index contributed by atoms with van der Waals surface area (Å²) in [5.41, 5.74) is 1.76. The lowest BCUT2D eigenvalue weighted by atomic mass is 9.99. The Hall–Kier alpha value is -3.78. The van der Waals surface area contributed by atoms with Crippen LogP contribution in [0.15, 0.2) is 59.5 Å². The fraction of sp³-hybridized carbons (Fsp3) is 0.125. The van der Waals surface area contributed by atoms with Crippen LogP contribution in [0.3, 0.4) is 0 Å². The normalized spacial score (nSPS) is 10.9. The van der Waals surface area contributed by atoms with Gasteiger partial charge in [-0.15, -0.1) is 0 Å². The molecule has 168 valence electrons. The van der Waals surface area contributed by atoms with Crippen molar-refractivity contribution in [3.63, 3.8) is 0 Å². The quantitative estimate of drug-likeness (QED) is 0.362. The molecule has 0 atom stereocenters. The average molecular weight is 469 g/mol. The number of fused-ring (bicyclic) bond motifs is 1. The Bertz CT molecular complexity index is 1450. The van der Waals surface area contributed by atoms with Gasteiger partial charge in [-0.2, -0.15) is 0 Å². The third kappa shape index (κ3) is 4.56. The van der Waals surface area contributed by atoms with E-state index in [4.69, 9.17) is 11.6 Å². The van der Waals surface area contributed by atoms with Crippen LogP contribution in [0.1, 0.15) is 12.5 Å². The van der Waals surface area contributed by atoms with E-state index in [0.29, 0.717) is 34.1 Å². The van der Waals surface area contributed by atoms with Gasteiger partial charge in [-0.1, -0.05) is 17.7 Å². The van der Waals surface area contributed by atoms with Crippen molar-refractivity contribution >= 4 is 39.9 Å². The number of aromatic nitrogens is 2. The summed E-state index contributed by atoms with van der Waals surface area (Å²) in [6.45, 7) is 3.90. The fourth-order valence-electron chi connectivity index (χ4n) is 3.66. The van der Waals surface area contributed by atoms with Gasteiger partial charge in [0.1, 0.15) is 16.8 Å². The molecule has 0 unspecified atom stereocenters. The summed E-state index contributed by atoms with van der Waals surface area (Å²) in [4.78, 5) is 29.7. The maximum atomic E-state index is 14.6. The predicted molar refractivity (Wildman–Crippen MR) is 126 cm³/mol. The van der Waals surface area contributed by atoms with Crippen LogP contribution in [0.5, 0.6) is 0 Å². The zero-order chi connectivity index (χ0) is 23.7. The molecule has 0 saturated carbocycles. The molecule has 2 N–H and O–H groups in total. The molecule has 2 amide bonds. The van der Waals surface area contributed by atoms with Crippen molar-refractivity contribution in [2.24, 2.45) is 0 Å². The summed E-state index contributed by atoms with van der Waals surface area (Å²) in [7, 11) is 0. The number of hydrogen-bond donors (Lipinski definition) is 2. The maximum Gasteiger partial charge on any atom is 0.323 e. The zero-order valence-corrected chi connectivity index (χ0v) is 18.5. The number of amides is 2. The van der Waals surface area contributed by atoms with Crippen LogP contribution in [0, 0.1) is 18.6 Å². The first-order valence-corrected chi connectivity index (χ1v) is 10.5. The number of carbonyl (C=O) groups is 1. The second-order valence-electron chi connectivity index (χ2n) is 7.41. The number of nitrogens with zero attached hydrogens (tertiary/aromatic N) is 2. The minimum absolute atomic E-state index is 0.124. The van der Waals surface area contributed by atoms with E-state index >= 15 is 0 Å². The van der Waals surface area contributed by atoms with E-state index in [1.165, 1.54) is 30.3 Å². The van der Waals surface area contributed by atoms with Gasteiger partial charge in [0.25, 0.3) is 5.56 Å². The average Bonchev–Trinajstić information content (AvgIpc) is 2.75. The van der Waals surface area contributed by atoms with Gasteiger partial charge in [0.15, 0.2) is 0 Å². The van der Waals surface area contributed by atoms with Crippen LogP contribution in [0.2, 0.25) is 5.15 Å². The zero-order valence-electron chi connectivity index (χ0n) is 17.7. The summed E-state index contributed by atoms with van der Waals surface area (Å²) in [5.74, 6) is -1.19. The summed E-state index contributed by atoms with van der Waals surface area (Å²) < 4.78 is 29.6. The number of rotatable bonds is 4. The van der Waals surface area contributed by atoms with Gasteiger partial charge in [-0.3, -0.25) is 4.79 Å². The number of hydrogen-bond acceptors (Lipinski definition) is 3. The smallest absolute Gasteiger partial charge is 0.308 e. The van der Waals surface area contributed by atoms with Crippen LogP contribution in [-0.2, 0) is 6.54 Å². The second-order valence-corrected chi connectivity index (χ2v) is 7.80. The minimum atomic E-state index is -0.752. The highest BCUT2D eigenvalue weighted by molar-refractivity contribution is 6.30. The number of benzene rings is 2. The Labute approximate surface area is 192 Å². The van der Waals surface area contributed by atoms with Crippen LogP contribution in [-0.4, -0.2) is 15.6 Å². The number of nitrogens with one attached hydrogen (secondary N) is 2. The largest absolute Gasteiger partial charge is 0.323 e. The summed E-state index contributed by atoms with van der Waals surface area (Å²) in [6, 6.07) is 10.5. The van der Waals surface area contributed by atoms with Gasteiger partial charge in [0, 0.05) is 29.4 Å². The molecule has 0 aliphatic rings. The molecular weight excluding hydrogens is 450 g/mol. The van der Waals surface area contributed by atoms with Crippen LogP contribution in [0.4, 0.5) is 25.0 Å². The first kappa shape index (κ1) is 22.4. The Morgan fingerprint density at radius 3 is 2.61 bits per heavy atom. The Morgan fingerprint density at radius 2 is 1.88 bits per heavy atom. The van der Waals surface area contributed by atoms with E-state index in [1.807, 2.05) is 6.92 Å². The summed E-state index contributed by atoms with van der Waals surface area (Å²) >= 11 is 6.00. The predicted octanol–water partition coefficient (Wildman–Crippen LogP) is 5.97. The number of aryl methyl sites for hydroxylation is 2. The molecule has 9 heteroatoms. The van der Waals surface area contributed by atoms with Gasteiger partial charge >= 0.3 is 6.03 Å². The van der Waals surface area contributed by atoms with E-state index in [9.17, 15) is 18.4 Å². The lowest BCUT2D eigenvalue weighted by Gasteiger charge is -2.15. The van der Waals surface area contributed by atoms with E-state index in [1.54, 1.807) is 29.8 Å². The van der Waals surface area contributed by atoms with Gasteiger partial charge in [0.05, 0.1) is 11.2 Å². The molecule has 6 nitrogen and oxygen atoms in total. The molecule has 0 aliphatic heterocycles. The molecule has 33 heavy (non-hydrogen) atoms. The number of halogens is 3. The molecule has 0 spiro atoms. The fourth-order valence-corrected chi connectivity index (χ4v) is 3.82. The lowest BCUT2D eigenvalue weighted by molar-refractivity contribution is 0.262. The van der Waals surface area contributed by atoms with Gasteiger partial charge in [0.2, 0.25) is 0 Å². The van der Waals surface area contributed by atoms with Crippen molar-refractivity contribution in [3.8, 4) is 11.1 Å². The van der Waals surface area contributed by atoms with Crippen LogP contribution < -0.4 is 16.2 Å². The van der Waals surface area contributed by atoms with Crippen molar-refractivity contribution in [1.82, 2.24) is 9.55 Å². The highest BCUT2D eigenvalue weighted by Gasteiger charge is 2.17. The van der Waals surface area contributed by atoms with Crippen molar-refractivity contribution in [3.05, 3.63) is 87.4 Å². The maximum absolute atomic E-state index is 14.6. The molecule has 0 aliphatic carbocycles. The summed E-state index contributed by atoms with van der Waals surface area (Å²) in [6.07, 6.45) is 1.57. The van der Waals surface area contributed by atoms with E-state index in [0.717, 1.165) is 6.07 Å². The lowest BCUT2D eigenvalue weighted by Crippen LogP contribution is -2.22. The van der Waals surface area contributed by atoms with Crippen LogP contribution in [0.25, 0.3) is 22.0 Å². The van der Waals surface area contributed by atoms with E-state index in [-0.39, 0.29) is 22.1 Å². The van der Waals surface area contributed by atoms with E-state index < -0.39 is 17.7 Å². The van der Waals surface area contributed by atoms with Crippen molar-refractivity contribution in [2.45, 2.75) is 20.4 Å². The monoisotopic (exact) mass is 468 g/mol. The van der Waals surface area contributed by atoms with Crippen molar-refractivity contribution in [1.29, 1.82) is 0 Å². The van der Waals surface area contributed by atoms with Crippen molar-refractivity contribution in [2.75, 3.05) is 10.6 Å². The Kier molecular flexibility index (Phi) is 6.11. The van der Waals surface area contributed by atoms with Crippen molar-refractivity contribution < 1.29 is 13.6 Å². The van der Waals surface area contributed by atoms with Gasteiger partial charge in [-0.05, 0) is 67.4 Å². The number of anilines is 2. The standard InChI is InChI=1S/C24H19ClF2N4O2/c1-3-31-21-11-22(25)28-12-14(21)8-18(23(31)32)17-10-20(19(27)7-13(17)2)30-24(33)29-16-6-4-5-15(26)9-16/h4-12H,3H2,1-2H3,(H2,29,30,33). The topological polar surface area (TPSA) is 76.0 Å². The Morgan fingerprint density at radius 1 is 1.09 bits per heavy atom.